The molecule has 0 bridgehead atoms. The Kier molecular flexibility index (Phi) is 6.88. The number of benzene rings is 1. The van der Waals surface area contributed by atoms with Gasteiger partial charge in [-0.15, -0.1) is 0 Å². The van der Waals surface area contributed by atoms with Crippen molar-refractivity contribution in [3.05, 3.63) is 24.0 Å². The number of amides is 1. The molecule has 1 aromatic heterocycles. The normalized spacial score (nSPS) is 18.6. The van der Waals surface area contributed by atoms with Crippen LogP contribution < -0.4 is 0 Å². The summed E-state index contributed by atoms with van der Waals surface area (Å²) in [6.45, 7) is 5.73. The number of sulfonamides is 1. The topological polar surface area (TPSA) is 84.7 Å². The van der Waals surface area contributed by atoms with Crippen molar-refractivity contribution in [2.75, 3.05) is 26.3 Å². The van der Waals surface area contributed by atoms with Crippen molar-refractivity contribution in [2.45, 2.75) is 69.4 Å². The van der Waals surface area contributed by atoms with Gasteiger partial charge >= 0.3 is 0 Å². The summed E-state index contributed by atoms with van der Waals surface area (Å²) in [6, 6.07) is 5.64. The van der Waals surface area contributed by atoms with E-state index in [1.54, 1.807) is 18.2 Å². The van der Waals surface area contributed by atoms with Gasteiger partial charge in [-0.1, -0.05) is 12.8 Å². The lowest BCUT2D eigenvalue weighted by molar-refractivity contribution is -0.135. The molecule has 2 aliphatic rings. The molecule has 2 heterocycles. The zero-order valence-corrected chi connectivity index (χ0v) is 20.1. The highest BCUT2D eigenvalue weighted by Gasteiger charge is 2.29. The summed E-state index contributed by atoms with van der Waals surface area (Å²) in [5.74, 6) is 0.971. The van der Waals surface area contributed by atoms with Crippen molar-refractivity contribution in [3.8, 4) is 0 Å². The predicted molar refractivity (Wildman–Crippen MR) is 123 cm³/mol. The van der Waals surface area contributed by atoms with E-state index in [9.17, 15) is 13.2 Å². The number of aryl methyl sites for hydroxylation is 2. The van der Waals surface area contributed by atoms with Crippen LogP contribution in [0.5, 0.6) is 0 Å². The van der Waals surface area contributed by atoms with Gasteiger partial charge in [-0.25, -0.2) is 13.4 Å². The quantitative estimate of drug-likeness (QED) is 0.632. The molecule has 9 heteroatoms. The molecule has 1 amide bonds. The second kappa shape index (κ2) is 9.49. The number of fused-ring (bicyclic) bond motifs is 1. The smallest absolute Gasteiger partial charge is 0.243 e. The number of carbonyl (C=O) groups excluding carboxylic acids is 1. The Morgan fingerprint density at radius 1 is 1.22 bits per heavy atom. The van der Waals surface area contributed by atoms with Crippen molar-refractivity contribution < 1.29 is 17.9 Å². The molecule has 0 N–H and O–H groups in total. The van der Waals surface area contributed by atoms with Crippen LogP contribution in [0, 0.1) is 0 Å². The lowest BCUT2D eigenvalue weighted by atomic mass is 10.1. The molecule has 1 aliphatic carbocycles. The first-order chi connectivity index (χ1) is 15.3. The summed E-state index contributed by atoms with van der Waals surface area (Å²) in [4.78, 5) is 20.0. The van der Waals surface area contributed by atoms with Gasteiger partial charge in [0.15, 0.2) is 0 Å². The monoisotopic (exact) mass is 462 g/mol. The summed E-state index contributed by atoms with van der Waals surface area (Å²) >= 11 is 0. The highest BCUT2D eigenvalue weighted by atomic mass is 32.2. The lowest BCUT2D eigenvalue weighted by Gasteiger charge is -2.33. The molecular weight excluding hydrogens is 428 g/mol. The lowest BCUT2D eigenvalue weighted by Crippen LogP contribution is -2.43. The van der Waals surface area contributed by atoms with Crippen LogP contribution in [0.15, 0.2) is 23.1 Å². The van der Waals surface area contributed by atoms with Crippen molar-refractivity contribution in [1.82, 2.24) is 18.8 Å². The SMILES string of the molecule is CC(C)N(C(=O)CCc1nc2cc(S(=O)(=O)N3CCOCC3)ccc2n1C)C1CCCC1. The van der Waals surface area contributed by atoms with Crippen molar-refractivity contribution >= 4 is 27.0 Å². The molecule has 8 nitrogen and oxygen atoms in total. The summed E-state index contributed by atoms with van der Waals surface area (Å²) < 4.78 is 34.7. The zero-order chi connectivity index (χ0) is 22.9. The Balaban J connectivity index is 1.51. The number of imidazole rings is 1. The molecule has 1 aliphatic heterocycles. The molecule has 176 valence electrons. The highest BCUT2D eigenvalue weighted by Crippen LogP contribution is 2.27. The van der Waals surface area contributed by atoms with Crippen molar-refractivity contribution in [1.29, 1.82) is 0 Å². The van der Waals surface area contributed by atoms with Gasteiger partial charge in [0.25, 0.3) is 0 Å². The van der Waals surface area contributed by atoms with Crippen LogP contribution in [0.25, 0.3) is 11.0 Å². The molecule has 1 saturated carbocycles. The zero-order valence-electron chi connectivity index (χ0n) is 19.3. The number of rotatable bonds is 7. The molecule has 0 radical (unpaired) electrons. The fourth-order valence-corrected chi connectivity index (χ4v) is 6.42. The van der Waals surface area contributed by atoms with E-state index in [1.807, 2.05) is 11.6 Å². The summed E-state index contributed by atoms with van der Waals surface area (Å²) in [6.07, 6.45) is 5.52. The molecular formula is C23H34N4O4S. The van der Waals surface area contributed by atoms with Crippen LogP contribution in [0.3, 0.4) is 0 Å². The Labute approximate surface area is 190 Å². The number of morpholine rings is 1. The molecule has 4 rings (SSSR count). The molecule has 0 spiro atoms. The Morgan fingerprint density at radius 3 is 2.56 bits per heavy atom. The van der Waals surface area contributed by atoms with Crippen molar-refractivity contribution in [3.63, 3.8) is 0 Å². The first-order valence-electron chi connectivity index (χ1n) is 11.6. The predicted octanol–water partition coefficient (Wildman–Crippen LogP) is 2.71. The molecule has 0 atom stereocenters. The maximum Gasteiger partial charge on any atom is 0.243 e. The van der Waals surface area contributed by atoms with E-state index in [1.165, 1.54) is 17.1 Å². The molecule has 1 aromatic carbocycles. The second-order valence-corrected chi connectivity index (χ2v) is 11.0. The third-order valence-electron chi connectivity index (χ3n) is 6.68. The van der Waals surface area contributed by atoms with Gasteiger partial charge in [-0.3, -0.25) is 4.79 Å². The summed E-state index contributed by atoms with van der Waals surface area (Å²) in [5.41, 5.74) is 1.51. The number of hydrogen-bond acceptors (Lipinski definition) is 5. The van der Waals surface area contributed by atoms with E-state index < -0.39 is 10.0 Å². The first-order valence-corrected chi connectivity index (χ1v) is 13.1. The van der Waals surface area contributed by atoms with E-state index in [-0.39, 0.29) is 16.8 Å². The Morgan fingerprint density at radius 2 is 1.91 bits per heavy atom. The Hall–Kier alpha value is -1.97. The maximum atomic E-state index is 13.0. The molecule has 2 fully saturated rings. The average molecular weight is 463 g/mol. The van der Waals surface area contributed by atoms with Gasteiger partial charge in [0, 0.05) is 45.1 Å². The third-order valence-corrected chi connectivity index (χ3v) is 8.57. The fourth-order valence-electron chi connectivity index (χ4n) is 4.99. The molecule has 32 heavy (non-hydrogen) atoms. The van der Waals surface area contributed by atoms with Crippen LogP contribution in [-0.2, 0) is 33.0 Å². The minimum atomic E-state index is -3.57. The standard InChI is InChI=1S/C23H34N4O4S/c1-17(2)27(18-6-4-5-7-18)23(28)11-10-22-24-20-16-19(8-9-21(20)25(22)3)32(29,30)26-12-14-31-15-13-26/h8-9,16-18H,4-7,10-15H2,1-3H3. The average Bonchev–Trinajstić information content (AvgIpc) is 3.41. The van der Waals surface area contributed by atoms with Crippen LogP contribution in [0.1, 0.15) is 51.8 Å². The van der Waals surface area contributed by atoms with Gasteiger partial charge in [-0.2, -0.15) is 4.31 Å². The van der Waals surface area contributed by atoms with E-state index >= 15 is 0 Å². The van der Waals surface area contributed by atoms with Crippen LogP contribution in [0.2, 0.25) is 0 Å². The number of ether oxygens (including phenoxy) is 1. The number of carbonyl (C=O) groups is 1. The van der Waals surface area contributed by atoms with Crippen molar-refractivity contribution in [2.24, 2.45) is 7.05 Å². The maximum absolute atomic E-state index is 13.0. The summed E-state index contributed by atoms with van der Waals surface area (Å²) in [5, 5.41) is 0. The largest absolute Gasteiger partial charge is 0.379 e. The van der Waals surface area contributed by atoms with E-state index in [0.29, 0.717) is 50.7 Å². The van der Waals surface area contributed by atoms with E-state index in [2.05, 4.69) is 23.7 Å². The van der Waals surface area contributed by atoms with E-state index in [0.717, 1.165) is 24.2 Å². The molecule has 2 aromatic rings. The highest BCUT2D eigenvalue weighted by molar-refractivity contribution is 7.89. The van der Waals surface area contributed by atoms with Crippen LogP contribution >= 0.6 is 0 Å². The first kappa shape index (κ1) is 23.2. The van der Waals surface area contributed by atoms with Gasteiger partial charge < -0.3 is 14.2 Å². The summed E-state index contributed by atoms with van der Waals surface area (Å²) in [7, 11) is -1.65. The van der Waals surface area contributed by atoms with Crippen LogP contribution in [0.4, 0.5) is 0 Å². The number of nitrogens with zero attached hydrogens (tertiary/aromatic N) is 4. The number of aromatic nitrogens is 2. The second-order valence-electron chi connectivity index (χ2n) is 9.09. The van der Waals surface area contributed by atoms with Gasteiger partial charge in [-0.05, 0) is 44.9 Å². The van der Waals surface area contributed by atoms with Gasteiger partial charge in [0.1, 0.15) is 5.82 Å². The van der Waals surface area contributed by atoms with E-state index in [4.69, 9.17) is 4.74 Å². The minimum absolute atomic E-state index is 0.176. The van der Waals surface area contributed by atoms with Crippen LogP contribution in [-0.4, -0.2) is 71.5 Å². The fraction of sp³-hybridized carbons (Fsp3) is 0.652. The third kappa shape index (κ3) is 4.56. The van der Waals surface area contributed by atoms with Gasteiger partial charge in [0.05, 0.1) is 29.1 Å². The number of hydrogen-bond donors (Lipinski definition) is 0. The molecule has 0 unspecified atom stereocenters. The molecule has 1 saturated heterocycles. The van der Waals surface area contributed by atoms with Gasteiger partial charge in [0.2, 0.25) is 15.9 Å². The Bertz CT molecular complexity index is 1070. The minimum Gasteiger partial charge on any atom is -0.379 e.